The number of hydrogen-bond donors (Lipinski definition) is 0. The second kappa shape index (κ2) is 14.8. The average Bonchev–Trinajstić information content (AvgIpc) is 4.00. The van der Waals surface area contributed by atoms with Gasteiger partial charge in [0.25, 0.3) is 0 Å². The maximum atomic E-state index is 6.69. The first-order chi connectivity index (χ1) is 33.0. The third kappa shape index (κ3) is 6.19. The van der Waals surface area contributed by atoms with Crippen LogP contribution in [0, 0.1) is 6.92 Å². The molecule has 2 aromatic heterocycles. The summed E-state index contributed by atoms with van der Waals surface area (Å²) in [5, 5.41) is 10.8. The van der Waals surface area contributed by atoms with Gasteiger partial charge in [-0.15, -0.1) is 0 Å². The maximum absolute atomic E-state index is 6.69. The van der Waals surface area contributed by atoms with Gasteiger partial charge in [0, 0.05) is 49.7 Å². The molecule has 0 fully saturated rings. The SMILES string of the molecule is Cc1ccc(N(c2ccc3cc4c(cc3c2)C(C)(C)c2c-4ccc3cc(N(c4ccc([Si](C)(C)C)cc4)c4cccc5c4oc4ccccc45)ccc23)c2cccc3c2oc2ccccc23)cc1. The summed E-state index contributed by atoms with van der Waals surface area (Å²) in [4.78, 5) is 4.73. The van der Waals surface area contributed by atoms with Crippen LogP contribution in [0.2, 0.25) is 19.6 Å². The highest BCUT2D eigenvalue weighted by Crippen LogP contribution is 2.54. The molecule has 328 valence electrons. The molecule has 0 saturated heterocycles. The van der Waals surface area contributed by atoms with E-state index in [1.54, 1.807) is 0 Å². The standard InChI is InChI=1S/C63H50N2O2Si/c1-39-21-25-43(26-22-39)64(56-17-11-15-52-49-13-7-9-19-58(49)66-61(52)56)45-27-23-40-37-54-51-33-24-41-35-46(30-34-48(41)60(51)63(2,3)55(54)38-42(40)36-45)65(44-28-31-47(32-29-44)68(4,5)6)57-18-12-16-53-50-14-8-10-20-59(50)67-62(53)57/h7-38H,1-6H3. The molecular weight excluding hydrogens is 845 g/mol. The van der Waals surface area contributed by atoms with E-state index in [1.165, 1.54) is 54.5 Å². The lowest BCUT2D eigenvalue weighted by Crippen LogP contribution is -2.37. The molecule has 0 unspecified atom stereocenters. The van der Waals surface area contributed by atoms with Crippen LogP contribution >= 0.6 is 0 Å². The minimum atomic E-state index is -1.51. The Morgan fingerprint density at radius 1 is 0.412 bits per heavy atom. The van der Waals surface area contributed by atoms with Crippen molar-refractivity contribution in [1.82, 2.24) is 0 Å². The summed E-state index contributed by atoms with van der Waals surface area (Å²) in [7, 11) is -1.51. The van der Waals surface area contributed by atoms with Crippen LogP contribution in [0.15, 0.2) is 203 Å². The Morgan fingerprint density at radius 2 is 0.926 bits per heavy atom. The number of fused-ring (bicyclic) bond motifs is 12. The Kier molecular flexibility index (Phi) is 8.81. The Balaban J connectivity index is 0.933. The van der Waals surface area contributed by atoms with E-state index in [2.05, 4.69) is 232 Å². The van der Waals surface area contributed by atoms with Crippen molar-refractivity contribution in [3.8, 4) is 11.1 Å². The largest absolute Gasteiger partial charge is 0.454 e. The zero-order valence-corrected chi connectivity index (χ0v) is 40.2. The summed E-state index contributed by atoms with van der Waals surface area (Å²) in [6, 6.07) is 71.2. The van der Waals surface area contributed by atoms with Crippen molar-refractivity contribution in [2.45, 2.75) is 45.8 Å². The summed E-state index contributed by atoms with van der Waals surface area (Å²) in [6.07, 6.45) is 0. The van der Waals surface area contributed by atoms with Crippen LogP contribution in [-0.2, 0) is 5.41 Å². The lowest BCUT2D eigenvalue weighted by molar-refractivity contribution is 0.667. The Labute approximate surface area is 397 Å². The molecular formula is C63H50N2O2Si. The molecule has 0 atom stereocenters. The average molecular weight is 895 g/mol. The Bertz CT molecular complexity index is 4000. The Morgan fingerprint density at radius 3 is 1.53 bits per heavy atom. The first kappa shape index (κ1) is 40.4. The monoisotopic (exact) mass is 894 g/mol. The second-order valence-electron chi connectivity index (χ2n) is 20.3. The molecule has 5 heteroatoms. The zero-order chi connectivity index (χ0) is 46.1. The van der Waals surface area contributed by atoms with Gasteiger partial charge in [-0.25, -0.2) is 0 Å². The summed E-state index contributed by atoms with van der Waals surface area (Å²) < 4.78 is 13.3. The number of benzene rings is 10. The third-order valence-corrected chi connectivity index (χ3v) is 16.7. The fourth-order valence-corrected chi connectivity index (χ4v) is 12.3. The summed E-state index contributed by atoms with van der Waals surface area (Å²) in [5.74, 6) is 0. The molecule has 0 bridgehead atoms. The topological polar surface area (TPSA) is 32.8 Å². The van der Waals surface area contributed by atoms with Crippen molar-refractivity contribution in [2.24, 2.45) is 0 Å². The fourth-order valence-electron chi connectivity index (χ4n) is 11.1. The summed E-state index contributed by atoms with van der Waals surface area (Å²) >= 11 is 0. The van der Waals surface area contributed by atoms with Gasteiger partial charge in [-0.2, -0.15) is 0 Å². The molecule has 2 heterocycles. The highest BCUT2D eigenvalue weighted by molar-refractivity contribution is 6.88. The van der Waals surface area contributed by atoms with E-state index >= 15 is 0 Å². The van der Waals surface area contributed by atoms with E-state index in [-0.39, 0.29) is 5.41 Å². The first-order valence-electron chi connectivity index (χ1n) is 23.7. The van der Waals surface area contributed by atoms with Crippen LogP contribution in [-0.4, -0.2) is 8.07 Å². The first-order valence-corrected chi connectivity index (χ1v) is 27.2. The molecule has 1 aliphatic rings. The molecule has 4 nitrogen and oxygen atoms in total. The molecule has 0 amide bonds. The second-order valence-corrected chi connectivity index (χ2v) is 25.3. The molecule has 0 spiro atoms. The minimum Gasteiger partial charge on any atom is -0.454 e. The molecule has 10 aromatic carbocycles. The molecule has 0 radical (unpaired) electrons. The van der Waals surface area contributed by atoms with Crippen LogP contribution < -0.4 is 15.0 Å². The minimum absolute atomic E-state index is 0.251. The lowest BCUT2D eigenvalue weighted by Gasteiger charge is -2.28. The summed E-state index contributed by atoms with van der Waals surface area (Å²) in [5.41, 5.74) is 16.2. The van der Waals surface area contributed by atoms with Gasteiger partial charge in [-0.3, -0.25) is 0 Å². The molecule has 12 aromatic rings. The van der Waals surface area contributed by atoms with Gasteiger partial charge in [0.15, 0.2) is 11.2 Å². The number of para-hydroxylation sites is 4. The predicted octanol–water partition coefficient (Wildman–Crippen LogP) is 17.9. The van der Waals surface area contributed by atoms with Crippen LogP contribution in [0.4, 0.5) is 34.1 Å². The third-order valence-electron chi connectivity index (χ3n) is 14.6. The van der Waals surface area contributed by atoms with Gasteiger partial charge in [0.05, 0.1) is 19.4 Å². The fraction of sp³-hybridized carbons (Fsp3) is 0.111. The van der Waals surface area contributed by atoms with E-state index < -0.39 is 8.07 Å². The van der Waals surface area contributed by atoms with Crippen molar-refractivity contribution in [3.05, 3.63) is 211 Å². The number of hydrogen-bond acceptors (Lipinski definition) is 4. The Hall–Kier alpha value is -7.86. The van der Waals surface area contributed by atoms with E-state index in [1.807, 2.05) is 12.1 Å². The zero-order valence-electron chi connectivity index (χ0n) is 39.2. The number of aryl methyl sites for hydroxylation is 1. The van der Waals surface area contributed by atoms with Crippen LogP contribution in [0.5, 0.6) is 0 Å². The molecule has 0 aliphatic heterocycles. The number of rotatable bonds is 7. The van der Waals surface area contributed by atoms with Crippen molar-refractivity contribution in [2.75, 3.05) is 9.80 Å². The van der Waals surface area contributed by atoms with Crippen molar-refractivity contribution >= 4 is 113 Å². The van der Waals surface area contributed by atoms with Gasteiger partial charge >= 0.3 is 0 Å². The summed E-state index contributed by atoms with van der Waals surface area (Å²) in [6.45, 7) is 14.2. The van der Waals surface area contributed by atoms with Crippen LogP contribution in [0.3, 0.4) is 0 Å². The van der Waals surface area contributed by atoms with Gasteiger partial charge < -0.3 is 18.6 Å². The van der Waals surface area contributed by atoms with Crippen molar-refractivity contribution in [1.29, 1.82) is 0 Å². The molecule has 68 heavy (non-hydrogen) atoms. The molecule has 0 N–H and O–H groups in total. The van der Waals surface area contributed by atoms with Gasteiger partial charge in [-0.05, 0) is 136 Å². The molecule has 1 aliphatic carbocycles. The quantitative estimate of drug-likeness (QED) is 0.149. The van der Waals surface area contributed by atoms with Gasteiger partial charge in [-0.1, -0.05) is 153 Å². The normalized spacial score (nSPS) is 13.3. The van der Waals surface area contributed by atoms with E-state index in [0.717, 1.165) is 78.0 Å². The van der Waals surface area contributed by atoms with Crippen molar-refractivity contribution < 1.29 is 8.83 Å². The number of nitrogens with zero attached hydrogens (tertiary/aromatic N) is 2. The van der Waals surface area contributed by atoms with E-state index in [9.17, 15) is 0 Å². The maximum Gasteiger partial charge on any atom is 0.159 e. The number of furan rings is 2. The lowest BCUT2D eigenvalue weighted by atomic mass is 9.79. The highest BCUT2D eigenvalue weighted by Gasteiger charge is 2.37. The predicted molar refractivity (Wildman–Crippen MR) is 291 cm³/mol. The number of anilines is 6. The highest BCUT2D eigenvalue weighted by atomic mass is 28.3. The smallest absolute Gasteiger partial charge is 0.159 e. The van der Waals surface area contributed by atoms with Crippen LogP contribution in [0.1, 0.15) is 30.5 Å². The van der Waals surface area contributed by atoms with E-state index in [0.29, 0.717) is 0 Å². The molecule has 13 rings (SSSR count). The van der Waals surface area contributed by atoms with Crippen molar-refractivity contribution in [3.63, 3.8) is 0 Å². The van der Waals surface area contributed by atoms with E-state index in [4.69, 9.17) is 8.83 Å². The van der Waals surface area contributed by atoms with Gasteiger partial charge in [0.1, 0.15) is 11.2 Å². The van der Waals surface area contributed by atoms with Crippen LogP contribution in [0.25, 0.3) is 76.5 Å². The van der Waals surface area contributed by atoms with Gasteiger partial charge in [0.2, 0.25) is 0 Å². The molecule has 0 saturated carbocycles.